The van der Waals surface area contributed by atoms with Crippen LogP contribution in [-0.4, -0.2) is 69.8 Å². The molecule has 0 aromatic heterocycles. The second-order valence-electron chi connectivity index (χ2n) is 6.25. The van der Waals surface area contributed by atoms with Crippen molar-refractivity contribution in [1.82, 2.24) is 9.21 Å². The lowest BCUT2D eigenvalue weighted by Gasteiger charge is -2.34. The maximum absolute atomic E-state index is 12.5. The number of carbonyl (C=O) groups is 1. The third-order valence-corrected chi connectivity index (χ3v) is 6.22. The number of sulfonamides is 1. The molecule has 23 heavy (non-hydrogen) atoms. The zero-order chi connectivity index (χ0) is 17.0. The minimum absolute atomic E-state index is 0.0371. The average Bonchev–Trinajstić information content (AvgIpc) is 2.54. The molecule has 7 heteroatoms. The van der Waals surface area contributed by atoms with Crippen molar-refractivity contribution in [3.05, 3.63) is 35.9 Å². The Balaban J connectivity index is 1.94. The number of nitrogens with one attached hydrogen (secondary N) is 1. The number of hydrogen-bond acceptors (Lipinski definition) is 3. The summed E-state index contributed by atoms with van der Waals surface area (Å²) < 4.78 is 26.6. The highest BCUT2D eigenvalue weighted by atomic mass is 32.2. The van der Waals surface area contributed by atoms with Gasteiger partial charge in [0.05, 0.1) is 31.9 Å². The first-order valence-corrected chi connectivity index (χ1v) is 9.49. The molecule has 1 aliphatic rings. The maximum Gasteiger partial charge on any atom is 0.280 e. The van der Waals surface area contributed by atoms with Crippen LogP contribution in [0.2, 0.25) is 0 Å². The van der Waals surface area contributed by atoms with Crippen molar-refractivity contribution in [2.45, 2.75) is 18.7 Å². The zero-order valence-corrected chi connectivity index (χ0v) is 14.8. The van der Waals surface area contributed by atoms with Gasteiger partial charge in [-0.1, -0.05) is 30.3 Å². The molecule has 0 unspecified atom stereocenters. The zero-order valence-electron chi connectivity index (χ0n) is 14.0. The second-order valence-corrected chi connectivity index (χ2v) is 8.22. The lowest BCUT2D eigenvalue weighted by atomic mass is 10.2. The Labute approximate surface area is 138 Å². The average molecular weight is 340 g/mol. The summed E-state index contributed by atoms with van der Waals surface area (Å²) in [7, 11) is 0.200. The monoisotopic (exact) mass is 340 g/mol. The first kappa shape index (κ1) is 17.9. The van der Waals surface area contributed by atoms with Crippen LogP contribution in [0.4, 0.5) is 0 Å². The van der Waals surface area contributed by atoms with E-state index in [1.54, 1.807) is 23.3 Å². The fraction of sp³-hybridized carbons (Fsp3) is 0.562. The van der Waals surface area contributed by atoms with Crippen LogP contribution in [-0.2, 0) is 20.6 Å². The van der Waals surface area contributed by atoms with E-state index in [-0.39, 0.29) is 17.7 Å². The molecular formula is C16H26N3O3S+. The van der Waals surface area contributed by atoms with Gasteiger partial charge in [0.25, 0.3) is 5.91 Å². The van der Waals surface area contributed by atoms with Gasteiger partial charge in [-0.05, 0) is 12.5 Å². The summed E-state index contributed by atoms with van der Waals surface area (Å²) in [4.78, 5) is 14.8. The quantitative estimate of drug-likeness (QED) is 0.763. The normalized spacial score (nSPS) is 18.6. The molecule has 2 rings (SSSR count). The number of quaternary nitrogens is 1. The van der Waals surface area contributed by atoms with E-state index >= 15 is 0 Å². The summed E-state index contributed by atoms with van der Waals surface area (Å²) in [5.74, 6) is 0.121. The highest BCUT2D eigenvalue weighted by Gasteiger charge is 2.34. The van der Waals surface area contributed by atoms with Gasteiger partial charge in [0, 0.05) is 14.1 Å². The molecule has 1 aromatic carbocycles. The van der Waals surface area contributed by atoms with Crippen molar-refractivity contribution in [3.63, 3.8) is 0 Å². The molecule has 1 aromatic rings. The van der Waals surface area contributed by atoms with Crippen LogP contribution < -0.4 is 4.90 Å². The molecule has 6 nitrogen and oxygen atoms in total. The molecule has 1 heterocycles. The van der Waals surface area contributed by atoms with E-state index < -0.39 is 10.0 Å². The van der Waals surface area contributed by atoms with E-state index in [0.717, 1.165) is 10.5 Å². The summed E-state index contributed by atoms with van der Waals surface area (Å²) in [5, 5.41) is 0. The Morgan fingerprint density at radius 3 is 2.30 bits per heavy atom. The molecule has 1 N–H and O–H groups in total. The second kappa shape index (κ2) is 7.42. The molecule has 0 radical (unpaired) electrons. The topological polar surface area (TPSA) is 62.1 Å². The Hall–Kier alpha value is -1.44. The lowest BCUT2D eigenvalue weighted by molar-refractivity contribution is -0.917. The van der Waals surface area contributed by atoms with E-state index in [0.29, 0.717) is 26.2 Å². The van der Waals surface area contributed by atoms with E-state index in [1.165, 1.54) is 0 Å². The van der Waals surface area contributed by atoms with Crippen LogP contribution in [0.1, 0.15) is 12.5 Å². The van der Waals surface area contributed by atoms with Crippen molar-refractivity contribution in [1.29, 1.82) is 0 Å². The molecule has 1 fully saturated rings. The van der Waals surface area contributed by atoms with Gasteiger partial charge in [-0.15, -0.1) is 0 Å². The van der Waals surface area contributed by atoms with Gasteiger partial charge in [0.2, 0.25) is 10.0 Å². The number of carbonyl (C=O) groups excluding carboxylic acids is 1. The predicted octanol–water partition coefficient (Wildman–Crippen LogP) is -0.806. The predicted molar refractivity (Wildman–Crippen MR) is 89.5 cm³/mol. The first-order chi connectivity index (χ1) is 10.8. The molecule has 0 aliphatic carbocycles. The molecular weight excluding hydrogens is 314 g/mol. The van der Waals surface area contributed by atoms with E-state index in [9.17, 15) is 13.2 Å². The molecule has 1 atom stereocenters. The van der Waals surface area contributed by atoms with Gasteiger partial charge in [-0.3, -0.25) is 4.79 Å². The number of rotatable bonds is 5. The number of piperazine rings is 1. The Kier molecular flexibility index (Phi) is 5.78. The Morgan fingerprint density at radius 1 is 1.22 bits per heavy atom. The summed E-state index contributed by atoms with van der Waals surface area (Å²) in [6.45, 7) is 4.17. The summed E-state index contributed by atoms with van der Waals surface area (Å²) in [5.41, 5.74) is 0.804. The van der Waals surface area contributed by atoms with Crippen LogP contribution in [0.5, 0.6) is 0 Å². The highest BCUT2D eigenvalue weighted by Crippen LogP contribution is 2.10. The Bertz CT molecular complexity index is 623. The lowest BCUT2D eigenvalue weighted by Crippen LogP contribution is -3.19. The van der Waals surface area contributed by atoms with Crippen molar-refractivity contribution < 1.29 is 18.1 Å². The van der Waals surface area contributed by atoms with Gasteiger partial charge < -0.3 is 9.80 Å². The van der Waals surface area contributed by atoms with Crippen molar-refractivity contribution >= 4 is 15.9 Å². The SMILES string of the molecule is C[C@H](C(=O)N(C)C)[NH+]1CCN(S(=O)(=O)Cc2ccccc2)CC1. The van der Waals surface area contributed by atoms with Crippen LogP contribution in [0.25, 0.3) is 0 Å². The molecule has 0 spiro atoms. The fourth-order valence-electron chi connectivity index (χ4n) is 2.92. The van der Waals surface area contributed by atoms with Crippen molar-refractivity contribution in [3.8, 4) is 0 Å². The minimum atomic E-state index is -3.30. The summed E-state index contributed by atoms with van der Waals surface area (Å²) >= 11 is 0. The summed E-state index contributed by atoms with van der Waals surface area (Å²) in [6.07, 6.45) is 0. The summed E-state index contributed by atoms with van der Waals surface area (Å²) in [6, 6.07) is 9.10. The van der Waals surface area contributed by atoms with Crippen molar-refractivity contribution in [2.75, 3.05) is 40.3 Å². The van der Waals surface area contributed by atoms with Gasteiger partial charge >= 0.3 is 0 Å². The maximum atomic E-state index is 12.5. The molecule has 1 amide bonds. The largest absolute Gasteiger partial charge is 0.344 e. The van der Waals surface area contributed by atoms with Crippen LogP contribution in [0, 0.1) is 0 Å². The fourth-order valence-corrected chi connectivity index (χ4v) is 4.46. The molecule has 128 valence electrons. The van der Waals surface area contributed by atoms with E-state index in [4.69, 9.17) is 0 Å². The third kappa shape index (κ3) is 4.53. The number of hydrogen-bond donors (Lipinski definition) is 1. The number of likely N-dealkylation sites (N-methyl/N-ethyl adjacent to an activating group) is 1. The van der Waals surface area contributed by atoms with Crippen LogP contribution in [0.3, 0.4) is 0 Å². The van der Waals surface area contributed by atoms with Crippen LogP contribution in [0.15, 0.2) is 30.3 Å². The van der Waals surface area contributed by atoms with E-state index in [1.807, 2.05) is 37.3 Å². The molecule has 0 bridgehead atoms. The highest BCUT2D eigenvalue weighted by molar-refractivity contribution is 7.88. The third-order valence-electron chi connectivity index (χ3n) is 4.37. The van der Waals surface area contributed by atoms with E-state index in [2.05, 4.69) is 0 Å². The van der Waals surface area contributed by atoms with Crippen molar-refractivity contribution in [2.24, 2.45) is 0 Å². The number of amides is 1. The molecule has 1 aliphatic heterocycles. The minimum Gasteiger partial charge on any atom is -0.344 e. The standard InChI is InChI=1S/C16H25N3O3S/c1-14(16(20)17(2)3)18-9-11-19(12-10-18)23(21,22)13-15-7-5-4-6-8-15/h4-8,14H,9-13H2,1-3H3/p+1/t14-/m1/s1. The van der Waals surface area contributed by atoms with Gasteiger partial charge in [-0.2, -0.15) is 4.31 Å². The molecule has 0 saturated carbocycles. The Morgan fingerprint density at radius 2 is 1.78 bits per heavy atom. The smallest absolute Gasteiger partial charge is 0.280 e. The van der Waals surface area contributed by atoms with Crippen LogP contribution >= 0.6 is 0 Å². The van der Waals surface area contributed by atoms with Gasteiger partial charge in [-0.25, -0.2) is 8.42 Å². The molecule has 1 saturated heterocycles. The number of nitrogens with zero attached hydrogens (tertiary/aromatic N) is 2. The van der Waals surface area contributed by atoms with Gasteiger partial charge in [0.15, 0.2) is 6.04 Å². The van der Waals surface area contributed by atoms with Gasteiger partial charge in [0.1, 0.15) is 0 Å². The number of benzene rings is 1. The first-order valence-electron chi connectivity index (χ1n) is 7.89.